The fraction of sp³-hybridized carbons (Fsp3) is 0.214. The summed E-state index contributed by atoms with van der Waals surface area (Å²) in [5.74, 6) is -2.56. The third-order valence-electron chi connectivity index (χ3n) is 6.62. The molecule has 0 aromatic heterocycles. The van der Waals surface area contributed by atoms with Crippen LogP contribution < -0.4 is 15.1 Å². The van der Waals surface area contributed by atoms with Gasteiger partial charge in [0.25, 0.3) is 17.7 Å². The standard InChI is InChI=1S/C28H25N3O5/c1-17-5-8-19(9-6-17)29-25(32)22-12-10-20(16-24(22)30-13-3-2-4-14-30)31-26(33)21-11-7-18(28(35)36)15-23(21)27(31)34/h5-12,15-16H,2-4,13-14H2,1H3,(H,29,32)(H,35,36). The molecule has 3 aromatic carbocycles. The summed E-state index contributed by atoms with van der Waals surface area (Å²) in [5, 5.41) is 12.2. The van der Waals surface area contributed by atoms with Crippen molar-refractivity contribution in [3.63, 3.8) is 0 Å². The number of carbonyl (C=O) groups is 4. The summed E-state index contributed by atoms with van der Waals surface area (Å²) < 4.78 is 0. The second-order valence-electron chi connectivity index (χ2n) is 9.08. The summed E-state index contributed by atoms with van der Waals surface area (Å²) in [6, 6.07) is 16.3. The van der Waals surface area contributed by atoms with E-state index < -0.39 is 17.8 Å². The third kappa shape index (κ3) is 4.22. The number of carbonyl (C=O) groups excluding carboxylic acids is 3. The van der Waals surface area contributed by atoms with E-state index in [0.717, 1.165) is 42.8 Å². The number of benzene rings is 3. The Morgan fingerprint density at radius 3 is 2.22 bits per heavy atom. The zero-order valence-corrected chi connectivity index (χ0v) is 19.8. The molecule has 8 heteroatoms. The summed E-state index contributed by atoms with van der Waals surface area (Å²) in [7, 11) is 0. The first-order valence-electron chi connectivity index (χ1n) is 11.9. The van der Waals surface area contributed by atoms with Gasteiger partial charge >= 0.3 is 5.97 Å². The molecule has 0 radical (unpaired) electrons. The molecule has 2 N–H and O–H groups in total. The Balaban J connectivity index is 1.51. The quantitative estimate of drug-likeness (QED) is 0.508. The largest absolute Gasteiger partial charge is 0.478 e. The van der Waals surface area contributed by atoms with Crippen molar-refractivity contribution in [3.05, 3.63) is 88.5 Å². The molecule has 0 atom stereocenters. The van der Waals surface area contributed by atoms with Crippen molar-refractivity contribution in [1.29, 1.82) is 0 Å². The van der Waals surface area contributed by atoms with Crippen LogP contribution in [0.1, 0.15) is 66.3 Å². The van der Waals surface area contributed by atoms with Crippen LogP contribution in [-0.4, -0.2) is 41.9 Å². The Kier molecular flexibility index (Phi) is 6.01. The SMILES string of the molecule is Cc1ccc(NC(=O)c2ccc(N3C(=O)c4ccc(C(=O)O)cc4C3=O)cc2N2CCCCC2)cc1. The number of anilines is 3. The van der Waals surface area contributed by atoms with Gasteiger partial charge in [0.1, 0.15) is 0 Å². The van der Waals surface area contributed by atoms with Crippen LogP contribution in [0.4, 0.5) is 17.1 Å². The maximum absolute atomic E-state index is 13.3. The highest BCUT2D eigenvalue weighted by Crippen LogP contribution is 2.34. The number of hydrogen-bond acceptors (Lipinski definition) is 5. The van der Waals surface area contributed by atoms with Gasteiger partial charge in [-0.1, -0.05) is 17.7 Å². The highest BCUT2D eigenvalue weighted by atomic mass is 16.4. The number of aromatic carboxylic acids is 1. The number of hydrogen-bond donors (Lipinski definition) is 2. The summed E-state index contributed by atoms with van der Waals surface area (Å²) >= 11 is 0. The van der Waals surface area contributed by atoms with Gasteiger partial charge in [0.05, 0.1) is 33.6 Å². The van der Waals surface area contributed by atoms with E-state index in [1.807, 2.05) is 31.2 Å². The van der Waals surface area contributed by atoms with Crippen LogP contribution >= 0.6 is 0 Å². The minimum absolute atomic E-state index is 0.0561. The average Bonchev–Trinajstić information content (AvgIpc) is 3.14. The van der Waals surface area contributed by atoms with E-state index in [2.05, 4.69) is 10.2 Å². The molecule has 1 fully saturated rings. The number of carboxylic acid groups (broad SMARTS) is 1. The van der Waals surface area contributed by atoms with Crippen molar-refractivity contribution in [1.82, 2.24) is 0 Å². The second kappa shape index (κ2) is 9.30. The molecule has 1 saturated heterocycles. The third-order valence-corrected chi connectivity index (χ3v) is 6.62. The molecule has 8 nitrogen and oxygen atoms in total. The van der Waals surface area contributed by atoms with Gasteiger partial charge in [-0.3, -0.25) is 14.4 Å². The summed E-state index contributed by atoms with van der Waals surface area (Å²) in [6.45, 7) is 3.50. The highest BCUT2D eigenvalue weighted by Gasteiger charge is 2.38. The van der Waals surface area contributed by atoms with Crippen molar-refractivity contribution in [3.8, 4) is 0 Å². The molecule has 2 aliphatic rings. The zero-order chi connectivity index (χ0) is 25.4. The van der Waals surface area contributed by atoms with Crippen molar-refractivity contribution >= 4 is 40.8 Å². The number of aryl methyl sites for hydroxylation is 1. The number of fused-ring (bicyclic) bond motifs is 1. The number of amides is 3. The van der Waals surface area contributed by atoms with Crippen LogP contribution in [0.3, 0.4) is 0 Å². The molecular weight excluding hydrogens is 458 g/mol. The zero-order valence-electron chi connectivity index (χ0n) is 19.8. The lowest BCUT2D eigenvalue weighted by molar-refractivity contribution is 0.0696. The van der Waals surface area contributed by atoms with Crippen molar-refractivity contribution < 1.29 is 24.3 Å². The molecule has 2 aliphatic heterocycles. The molecule has 0 saturated carbocycles. The fourth-order valence-electron chi connectivity index (χ4n) is 4.69. The lowest BCUT2D eigenvalue weighted by Gasteiger charge is -2.31. The Hall–Kier alpha value is -4.46. The van der Waals surface area contributed by atoms with Crippen LogP contribution in [-0.2, 0) is 0 Å². The van der Waals surface area contributed by atoms with Gasteiger partial charge in [-0.15, -0.1) is 0 Å². The second-order valence-corrected chi connectivity index (χ2v) is 9.08. The number of rotatable bonds is 5. The normalized spacial score (nSPS) is 15.1. The molecule has 0 spiro atoms. The van der Waals surface area contributed by atoms with Gasteiger partial charge in [0.15, 0.2) is 0 Å². The van der Waals surface area contributed by atoms with Crippen molar-refractivity contribution in [2.45, 2.75) is 26.2 Å². The number of imide groups is 1. The van der Waals surface area contributed by atoms with E-state index in [9.17, 15) is 24.3 Å². The van der Waals surface area contributed by atoms with Crippen LogP contribution in [0.15, 0.2) is 60.7 Å². The van der Waals surface area contributed by atoms with Crippen LogP contribution in [0.25, 0.3) is 0 Å². The smallest absolute Gasteiger partial charge is 0.335 e. The van der Waals surface area contributed by atoms with Crippen LogP contribution in [0.2, 0.25) is 0 Å². The lowest BCUT2D eigenvalue weighted by atomic mass is 10.0. The molecule has 0 unspecified atom stereocenters. The number of nitrogens with one attached hydrogen (secondary N) is 1. The van der Waals surface area contributed by atoms with E-state index in [0.29, 0.717) is 22.6 Å². The van der Waals surface area contributed by atoms with Crippen molar-refractivity contribution in [2.75, 3.05) is 28.2 Å². The molecular formula is C28H25N3O5. The first-order valence-corrected chi connectivity index (χ1v) is 11.9. The first-order chi connectivity index (χ1) is 17.3. The van der Waals surface area contributed by atoms with Gasteiger partial charge in [-0.25, -0.2) is 9.69 Å². The van der Waals surface area contributed by atoms with E-state index in [-0.39, 0.29) is 22.6 Å². The van der Waals surface area contributed by atoms with Gasteiger partial charge in [0, 0.05) is 18.8 Å². The summed E-state index contributed by atoms with van der Waals surface area (Å²) in [6.07, 6.45) is 3.06. The van der Waals surface area contributed by atoms with Crippen LogP contribution in [0.5, 0.6) is 0 Å². The summed E-state index contributed by atoms with van der Waals surface area (Å²) in [5.41, 5.74) is 3.35. The summed E-state index contributed by atoms with van der Waals surface area (Å²) in [4.78, 5) is 54.1. The van der Waals surface area contributed by atoms with Gasteiger partial charge in [-0.2, -0.15) is 0 Å². The minimum atomic E-state index is -1.17. The van der Waals surface area contributed by atoms with E-state index in [1.54, 1.807) is 18.2 Å². The van der Waals surface area contributed by atoms with Crippen molar-refractivity contribution in [2.24, 2.45) is 0 Å². The predicted molar refractivity (Wildman–Crippen MR) is 136 cm³/mol. The Bertz CT molecular complexity index is 1390. The lowest BCUT2D eigenvalue weighted by Crippen LogP contribution is -2.33. The van der Waals surface area contributed by atoms with Gasteiger partial charge < -0.3 is 15.3 Å². The Morgan fingerprint density at radius 2 is 1.53 bits per heavy atom. The number of piperidine rings is 1. The van der Waals surface area contributed by atoms with E-state index in [1.165, 1.54) is 18.2 Å². The number of carboxylic acids is 1. The Morgan fingerprint density at radius 1 is 0.833 bits per heavy atom. The molecule has 36 heavy (non-hydrogen) atoms. The van der Waals surface area contributed by atoms with Crippen LogP contribution in [0, 0.1) is 6.92 Å². The van der Waals surface area contributed by atoms with Gasteiger partial charge in [-0.05, 0) is 74.7 Å². The molecule has 3 amide bonds. The van der Waals surface area contributed by atoms with E-state index in [4.69, 9.17) is 0 Å². The highest BCUT2D eigenvalue weighted by molar-refractivity contribution is 6.35. The monoisotopic (exact) mass is 483 g/mol. The van der Waals surface area contributed by atoms with Gasteiger partial charge in [0.2, 0.25) is 0 Å². The predicted octanol–water partition coefficient (Wildman–Crippen LogP) is 4.74. The number of nitrogens with zero attached hydrogens (tertiary/aromatic N) is 2. The molecule has 0 aliphatic carbocycles. The first kappa shape index (κ1) is 23.3. The maximum atomic E-state index is 13.3. The molecule has 5 rings (SSSR count). The fourth-order valence-corrected chi connectivity index (χ4v) is 4.69. The topological polar surface area (TPSA) is 107 Å². The molecule has 2 heterocycles. The molecule has 3 aromatic rings. The Labute approximate surface area is 208 Å². The average molecular weight is 484 g/mol. The van der Waals surface area contributed by atoms with E-state index >= 15 is 0 Å². The minimum Gasteiger partial charge on any atom is -0.478 e. The molecule has 182 valence electrons. The molecule has 0 bridgehead atoms. The maximum Gasteiger partial charge on any atom is 0.335 e.